The molecule has 0 aromatic carbocycles. The maximum Gasteiger partial charge on any atom is 0.496 e. The fraction of sp³-hybridized carbons (Fsp3) is 1.00. The summed E-state index contributed by atoms with van der Waals surface area (Å²) < 4.78 is 50.7. The van der Waals surface area contributed by atoms with E-state index in [1.807, 2.05) is 0 Å². The van der Waals surface area contributed by atoms with E-state index in [2.05, 4.69) is 15.1 Å². The molecule has 1 atom stereocenters. The second-order valence-corrected chi connectivity index (χ2v) is 10.7. The molecule has 0 heterocycles. The van der Waals surface area contributed by atoms with Crippen LogP contribution in [-0.4, -0.2) is 18.0 Å². The van der Waals surface area contributed by atoms with E-state index in [1.165, 1.54) is 19.6 Å². The van der Waals surface area contributed by atoms with E-state index in [-0.39, 0.29) is 0 Å². The lowest BCUT2D eigenvalue weighted by Gasteiger charge is -2.20. The van der Waals surface area contributed by atoms with Crippen LogP contribution in [-0.2, 0) is 23.8 Å². The lowest BCUT2D eigenvalue weighted by Crippen LogP contribution is -2.35. The molecule has 0 aromatic heterocycles. The second-order valence-electron chi connectivity index (χ2n) is 3.10. The van der Waals surface area contributed by atoms with Crippen molar-refractivity contribution in [2.45, 2.75) is 25.1 Å². The third-order valence-electron chi connectivity index (χ3n) is 0.643. The maximum atomic E-state index is 11.9. The lowest BCUT2D eigenvalue weighted by molar-refractivity contribution is -0.0446. The molecule has 74 valence electrons. The summed E-state index contributed by atoms with van der Waals surface area (Å²) in [4.78, 5) is 0. The molecule has 0 aliphatic heterocycles. The molecule has 2 nitrogen and oxygen atoms in total. The number of hydrogen-bond donors (Lipinski definition) is 0. The van der Waals surface area contributed by atoms with Gasteiger partial charge in [-0.15, -0.1) is 0 Å². The Bertz CT molecular complexity index is 250. The molecule has 0 N–H and O–H groups in total. The van der Waals surface area contributed by atoms with Crippen LogP contribution < -0.4 is 0 Å². The monoisotopic (exact) mass is 238 g/mol. The molecule has 0 radical (unpaired) electrons. The highest BCUT2D eigenvalue weighted by molar-refractivity contribution is 8.31. The Morgan fingerprint density at radius 3 is 1.75 bits per heavy atom. The Morgan fingerprint density at radius 1 is 1.33 bits per heavy atom. The molecular formula is C4H9F3O2S2Si. The summed E-state index contributed by atoms with van der Waals surface area (Å²) in [5.41, 5.74) is -4.94. The Labute approximate surface area is 75.1 Å². The summed E-state index contributed by atoms with van der Waals surface area (Å²) >= 11 is 3.84. The third-order valence-corrected chi connectivity index (χ3v) is 5.27. The minimum Gasteiger partial charge on any atom is -0.328 e. The highest BCUT2D eigenvalue weighted by atomic mass is 32.8. The standard InChI is InChI=1S/C4H9F3O2S2Si/c1-12(2,3)9-11(8,10)4(5,6)7/h1-3H3. The highest BCUT2D eigenvalue weighted by Crippen LogP contribution is 2.27. The first-order valence-corrected chi connectivity index (χ1v) is 8.79. The molecular weight excluding hydrogens is 229 g/mol. The van der Waals surface area contributed by atoms with Crippen LogP contribution in [0.25, 0.3) is 0 Å². The minimum absolute atomic E-state index is 1.49. The molecule has 12 heavy (non-hydrogen) atoms. The summed E-state index contributed by atoms with van der Waals surface area (Å²) in [6, 6.07) is 0. The molecule has 0 rings (SSSR count). The van der Waals surface area contributed by atoms with Gasteiger partial charge in [-0.2, -0.15) is 13.2 Å². The Hall–Kier alpha value is 0.337. The first-order valence-electron chi connectivity index (χ1n) is 2.98. The van der Waals surface area contributed by atoms with Crippen molar-refractivity contribution in [1.29, 1.82) is 0 Å². The smallest absolute Gasteiger partial charge is 0.328 e. The van der Waals surface area contributed by atoms with Crippen LogP contribution >= 0.6 is 0 Å². The molecule has 8 heteroatoms. The quantitative estimate of drug-likeness (QED) is 0.688. The van der Waals surface area contributed by atoms with Crippen molar-refractivity contribution < 1.29 is 21.3 Å². The lowest BCUT2D eigenvalue weighted by atomic mass is 11.6. The predicted molar refractivity (Wildman–Crippen MR) is 46.0 cm³/mol. The van der Waals surface area contributed by atoms with E-state index in [9.17, 15) is 17.4 Å². The van der Waals surface area contributed by atoms with Crippen LogP contribution in [0.5, 0.6) is 0 Å². The number of halogens is 3. The van der Waals surface area contributed by atoms with Gasteiger partial charge in [0.05, 0.1) is 0 Å². The molecule has 0 fully saturated rings. The Kier molecular flexibility index (Phi) is 3.33. The van der Waals surface area contributed by atoms with E-state index in [0.29, 0.717) is 0 Å². The van der Waals surface area contributed by atoms with Gasteiger partial charge in [-0.1, -0.05) is 0 Å². The van der Waals surface area contributed by atoms with Crippen molar-refractivity contribution in [3.05, 3.63) is 0 Å². The van der Waals surface area contributed by atoms with E-state index >= 15 is 0 Å². The number of alkyl halides is 3. The van der Waals surface area contributed by atoms with Crippen molar-refractivity contribution in [1.82, 2.24) is 0 Å². The normalized spacial score (nSPS) is 18.8. The average molecular weight is 238 g/mol. The van der Waals surface area contributed by atoms with Gasteiger partial charge in [0.25, 0.3) is 0 Å². The fourth-order valence-electron chi connectivity index (χ4n) is 0.376. The molecule has 0 amide bonds. The largest absolute Gasteiger partial charge is 0.496 e. The molecule has 0 bridgehead atoms. The second kappa shape index (κ2) is 3.24. The van der Waals surface area contributed by atoms with Crippen LogP contribution in [0.4, 0.5) is 13.2 Å². The van der Waals surface area contributed by atoms with Crippen molar-refractivity contribution in [2.75, 3.05) is 0 Å². The molecule has 0 aliphatic carbocycles. The third kappa shape index (κ3) is 3.83. The molecule has 1 unspecified atom stereocenters. The summed E-state index contributed by atoms with van der Waals surface area (Å²) in [5.74, 6) is 0. The van der Waals surface area contributed by atoms with Gasteiger partial charge in [0.2, 0.25) is 17.1 Å². The zero-order valence-corrected chi connectivity index (χ0v) is 9.40. The summed E-state index contributed by atoms with van der Waals surface area (Å²) in [7, 11) is -7.06. The van der Waals surface area contributed by atoms with Gasteiger partial charge in [-0.3, -0.25) is 0 Å². The first kappa shape index (κ1) is 12.3. The van der Waals surface area contributed by atoms with Crippen LogP contribution in [0.1, 0.15) is 0 Å². The molecule has 0 saturated heterocycles. The number of hydrogen-bond acceptors (Lipinski definition) is 3. The van der Waals surface area contributed by atoms with Gasteiger partial charge >= 0.3 is 5.51 Å². The van der Waals surface area contributed by atoms with Gasteiger partial charge in [-0.25, -0.2) is 4.21 Å². The first-order chi connectivity index (χ1) is 4.96. The topological polar surface area (TPSA) is 26.3 Å². The van der Waals surface area contributed by atoms with Gasteiger partial charge in [0.15, 0.2) is 0 Å². The Balaban J connectivity index is 4.70. The molecule has 0 saturated carbocycles. The highest BCUT2D eigenvalue weighted by Gasteiger charge is 2.45. The van der Waals surface area contributed by atoms with Crippen LogP contribution in [0.15, 0.2) is 0 Å². The van der Waals surface area contributed by atoms with E-state index < -0.39 is 22.6 Å². The van der Waals surface area contributed by atoms with Gasteiger partial charge in [0.1, 0.15) is 0 Å². The summed E-state index contributed by atoms with van der Waals surface area (Å²) in [6.45, 7) is 4.47. The minimum atomic E-state index is -4.94. The molecule has 0 spiro atoms. The van der Waals surface area contributed by atoms with Crippen molar-refractivity contribution >= 4 is 28.3 Å². The summed E-state index contributed by atoms with van der Waals surface area (Å²) in [6.07, 6.45) is 0. The Morgan fingerprint density at radius 2 is 1.67 bits per heavy atom. The fourth-order valence-corrected chi connectivity index (χ4v) is 5.22. The maximum absolute atomic E-state index is 11.9. The van der Waals surface area contributed by atoms with Crippen LogP contribution in [0.3, 0.4) is 0 Å². The molecule has 0 aromatic rings. The van der Waals surface area contributed by atoms with E-state index in [0.717, 1.165) is 0 Å². The van der Waals surface area contributed by atoms with Crippen LogP contribution in [0, 0.1) is 0 Å². The van der Waals surface area contributed by atoms with Crippen molar-refractivity contribution in [3.63, 3.8) is 0 Å². The predicted octanol–water partition coefficient (Wildman–Crippen LogP) is 2.02. The van der Waals surface area contributed by atoms with Gasteiger partial charge in [0, 0.05) is 11.2 Å². The van der Waals surface area contributed by atoms with Gasteiger partial charge in [-0.05, 0) is 19.6 Å². The van der Waals surface area contributed by atoms with Crippen LogP contribution in [0.2, 0.25) is 19.6 Å². The molecule has 0 aliphatic rings. The average Bonchev–Trinajstić information content (AvgIpc) is 1.52. The van der Waals surface area contributed by atoms with E-state index in [4.69, 9.17) is 0 Å². The van der Waals surface area contributed by atoms with Gasteiger partial charge < -0.3 is 3.87 Å². The zero-order valence-electron chi connectivity index (χ0n) is 6.77. The summed E-state index contributed by atoms with van der Waals surface area (Å²) in [5, 5.41) is 0. The van der Waals surface area contributed by atoms with Crippen molar-refractivity contribution in [3.8, 4) is 0 Å². The van der Waals surface area contributed by atoms with Crippen molar-refractivity contribution in [2.24, 2.45) is 0 Å². The zero-order chi connectivity index (χ0) is 10.2. The SMILES string of the molecule is C[Si](C)(C)OS(=O)(=S)C(F)(F)F. The van der Waals surface area contributed by atoms with E-state index in [1.54, 1.807) is 0 Å². The number of rotatable bonds is 2.